The Morgan fingerprint density at radius 2 is 1.42 bits per heavy atom. The molecule has 2 aromatic rings. The number of para-hydroxylation sites is 2. The molecule has 0 bridgehead atoms. The molecule has 0 unspecified atom stereocenters. The molecule has 31 heavy (non-hydrogen) atoms. The fourth-order valence-corrected chi connectivity index (χ4v) is 3.28. The lowest BCUT2D eigenvalue weighted by Gasteiger charge is -2.23. The predicted octanol–water partition coefficient (Wildman–Crippen LogP) is 1.51. The summed E-state index contributed by atoms with van der Waals surface area (Å²) >= 11 is 0. The monoisotopic (exact) mass is 427 g/mol. The number of aryl methyl sites for hydroxylation is 2. The minimum Gasteiger partial charge on any atom is -0.508 e. The Morgan fingerprint density at radius 1 is 0.903 bits per heavy atom. The van der Waals surface area contributed by atoms with E-state index < -0.39 is 0 Å². The molecule has 8 nitrogen and oxygen atoms in total. The number of aromatic hydroxyl groups is 1. The van der Waals surface area contributed by atoms with Gasteiger partial charge in [-0.3, -0.25) is 14.5 Å². The van der Waals surface area contributed by atoms with Gasteiger partial charge in [-0.05, 0) is 43.2 Å². The number of ether oxygens (including phenoxy) is 2. The smallest absolute Gasteiger partial charge is 0.257 e. The van der Waals surface area contributed by atoms with Gasteiger partial charge < -0.3 is 25.2 Å². The molecule has 1 heterocycles. The van der Waals surface area contributed by atoms with Crippen molar-refractivity contribution in [3.05, 3.63) is 53.1 Å². The number of amides is 2. The van der Waals surface area contributed by atoms with Crippen molar-refractivity contribution >= 4 is 11.8 Å². The molecule has 3 rings (SSSR count). The highest BCUT2D eigenvalue weighted by atomic mass is 16.5. The van der Waals surface area contributed by atoms with E-state index in [0.717, 1.165) is 16.7 Å². The topological polar surface area (TPSA) is 100 Å². The van der Waals surface area contributed by atoms with Gasteiger partial charge in [-0.1, -0.05) is 18.2 Å². The normalized spacial score (nSPS) is 16.6. The molecule has 0 atom stereocenters. The van der Waals surface area contributed by atoms with Crippen LogP contribution >= 0.6 is 0 Å². The van der Waals surface area contributed by atoms with Crippen molar-refractivity contribution in [1.29, 1.82) is 0 Å². The molecule has 0 aromatic heterocycles. The average molecular weight is 428 g/mol. The van der Waals surface area contributed by atoms with Crippen molar-refractivity contribution in [1.82, 2.24) is 15.5 Å². The first-order chi connectivity index (χ1) is 14.9. The number of phenolic OH excluding ortho intramolecular Hbond substituents is 1. The molecule has 166 valence electrons. The van der Waals surface area contributed by atoms with E-state index in [1.807, 2.05) is 19.9 Å². The summed E-state index contributed by atoms with van der Waals surface area (Å²) in [6.07, 6.45) is 0. The third-order valence-electron chi connectivity index (χ3n) is 5.16. The first-order valence-electron chi connectivity index (χ1n) is 10.3. The van der Waals surface area contributed by atoms with Crippen molar-refractivity contribution in [2.75, 3.05) is 39.4 Å². The number of carbonyl (C=O) groups excluding carboxylic acids is 2. The number of rotatable bonds is 2. The van der Waals surface area contributed by atoms with Crippen LogP contribution in [-0.4, -0.2) is 61.2 Å². The second-order valence-electron chi connectivity index (χ2n) is 7.57. The minimum absolute atomic E-state index is 0.148. The lowest BCUT2D eigenvalue weighted by atomic mass is 10.0. The standard InChI is InChI=1S/C23H29N3O5/c1-16-11-18(19(27)12-17(16)2)13-26-9-7-24-22(28)14-30-20-5-3-4-6-21(20)31-15-23(29)25-8-10-26/h3-6,11-12,27H,7-10,13-15H2,1-2H3,(H,24,28)(H,25,29). The van der Waals surface area contributed by atoms with Gasteiger partial charge >= 0.3 is 0 Å². The fraction of sp³-hybridized carbons (Fsp3) is 0.391. The summed E-state index contributed by atoms with van der Waals surface area (Å²) in [5.41, 5.74) is 2.93. The maximum absolute atomic E-state index is 12.2. The summed E-state index contributed by atoms with van der Waals surface area (Å²) in [5.74, 6) is 0.576. The Labute approximate surface area is 182 Å². The van der Waals surface area contributed by atoms with Crippen molar-refractivity contribution < 1.29 is 24.2 Å². The molecule has 0 saturated carbocycles. The van der Waals surface area contributed by atoms with Crippen LogP contribution in [0.4, 0.5) is 0 Å². The van der Waals surface area contributed by atoms with E-state index >= 15 is 0 Å². The Kier molecular flexibility index (Phi) is 7.72. The molecule has 0 fully saturated rings. The summed E-state index contributed by atoms with van der Waals surface area (Å²) in [7, 11) is 0. The molecule has 0 aliphatic carbocycles. The van der Waals surface area contributed by atoms with Gasteiger partial charge in [0.25, 0.3) is 11.8 Å². The molecule has 2 amide bonds. The van der Waals surface area contributed by atoms with E-state index in [-0.39, 0.29) is 30.8 Å². The first kappa shape index (κ1) is 22.4. The number of phenols is 1. The molecule has 0 radical (unpaired) electrons. The van der Waals surface area contributed by atoms with Crippen LogP contribution in [0.2, 0.25) is 0 Å². The van der Waals surface area contributed by atoms with Gasteiger partial charge in [0.1, 0.15) is 5.75 Å². The fourth-order valence-electron chi connectivity index (χ4n) is 3.28. The Balaban J connectivity index is 1.68. The summed E-state index contributed by atoms with van der Waals surface area (Å²) in [5, 5.41) is 16.0. The van der Waals surface area contributed by atoms with Gasteiger partial charge in [0.15, 0.2) is 24.7 Å². The van der Waals surface area contributed by atoms with E-state index in [9.17, 15) is 14.7 Å². The van der Waals surface area contributed by atoms with Crippen molar-refractivity contribution in [3.63, 3.8) is 0 Å². The van der Waals surface area contributed by atoms with Gasteiger partial charge in [-0.2, -0.15) is 0 Å². The zero-order valence-corrected chi connectivity index (χ0v) is 17.9. The highest BCUT2D eigenvalue weighted by molar-refractivity contribution is 5.78. The number of fused-ring (bicyclic) bond motifs is 1. The van der Waals surface area contributed by atoms with Gasteiger partial charge in [-0.25, -0.2) is 0 Å². The molecule has 1 aliphatic rings. The number of nitrogens with one attached hydrogen (secondary N) is 2. The van der Waals surface area contributed by atoms with E-state index in [2.05, 4.69) is 15.5 Å². The number of hydrogen-bond donors (Lipinski definition) is 3. The predicted molar refractivity (Wildman–Crippen MR) is 116 cm³/mol. The second kappa shape index (κ2) is 10.7. The number of carbonyl (C=O) groups is 2. The Bertz CT molecular complexity index is 886. The van der Waals surface area contributed by atoms with E-state index in [1.54, 1.807) is 30.3 Å². The zero-order valence-electron chi connectivity index (χ0n) is 17.9. The van der Waals surface area contributed by atoms with E-state index in [1.165, 1.54) is 0 Å². The highest BCUT2D eigenvalue weighted by Crippen LogP contribution is 2.26. The van der Waals surface area contributed by atoms with Crippen LogP contribution in [0, 0.1) is 13.8 Å². The second-order valence-corrected chi connectivity index (χ2v) is 7.57. The van der Waals surface area contributed by atoms with Gasteiger partial charge in [0, 0.05) is 38.3 Å². The summed E-state index contributed by atoms with van der Waals surface area (Å²) in [4.78, 5) is 26.4. The largest absolute Gasteiger partial charge is 0.508 e. The molecular weight excluding hydrogens is 398 g/mol. The SMILES string of the molecule is Cc1cc(O)c(CN2CCNC(=O)COc3ccccc3OCC(=O)NCC2)cc1C. The number of benzene rings is 2. The van der Waals surface area contributed by atoms with Crippen molar-refractivity contribution in [2.45, 2.75) is 20.4 Å². The molecule has 0 saturated heterocycles. The van der Waals surface area contributed by atoms with Crippen molar-refractivity contribution in [2.24, 2.45) is 0 Å². The lowest BCUT2D eigenvalue weighted by Crippen LogP contribution is -2.40. The van der Waals surface area contributed by atoms with Gasteiger partial charge in [0.05, 0.1) is 0 Å². The Hall–Kier alpha value is -3.26. The minimum atomic E-state index is -0.243. The summed E-state index contributed by atoms with van der Waals surface area (Å²) < 4.78 is 11.1. The van der Waals surface area contributed by atoms with Crippen LogP contribution in [0.5, 0.6) is 17.2 Å². The van der Waals surface area contributed by atoms with Crippen LogP contribution in [0.3, 0.4) is 0 Å². The third kappa shape index (κ3) is 6.62. The summed E-state index contributed by atoms with van der Waals surface area (Å²) in [6.45, 7) is 6.10. The number of hydrogen-bond acceptors (Lipinski definition) is 6. The van der Waals surface area contributed by atoms with Crippen LogP contribution in [0.25, 0.3) is 0 Å². The highest BCUT2D eigenvalue weighted by Gasteiger charge is 2.14. The van der Waals surface area contributed by atoms with Crippen LogP contribution in [0.1, 0.15) is 16.7 Å². The van der Waals surface area contributed by atoms with Crippen molar-refractivity contribution in [3.8, 4) is 17.2 Å². The van der Waals surface area contributed by atoms with Gasteiger partial charge in [0.2, 0.25) is 0 Å². The maximum atomic E-state index is 12.2. The molecule has 0 spiro atoms. The quantitative estimate of drug-likeness (QED) is 0.672. The average Bonchev–Trinajstić information content (AvgIpc) is 2.74. The molecular formula is C23H29N3O5. The molecule has 1 aliphatic heterocycles. The zero-order chi connectivity index (χ0) is 22.2. The molecule has 8 heteroatoms. The first-order valence-corrected chi connectivity index (χ1v) is 10.3. The van der Waals surface area contributed by atoms with Crippen LogP contribution < -0.4 is 20.1 Å². The van der Waals surface area contributed by atoms with Crippen LogP contribution in [0.15, 0.2) is 36.4 Å². The molecule has 3 N–H and O–H groups in total. The third-order valence-corrected chi connectivity index (χ3v) is 5.16. The maximum Gasteiger partial charge on any atom is 0.257 e. The van der Waals surface area contributed by atoms with E-state index in [4.69, 9.17) is 9.47 Å². The Morgan fingerprint density at radius 3 is 1.97 bits per heavy atom. The van der Waals surface area contributed by atoms with Crippen LogP contribution in [-0.2, 0) is 16.1 Å². The number of nitrogens with zero attached hydrogens (tertiary/aromatic N) is 1. The van der Waals surface area contributed by atoms with E-state index in [0.29, 0.717) is 44.2 Å². The summed E-state index contributed by atoms with van der Waals surface area (Å²) in [6, 6.07) is 10.7. The molecule has 2 aromatic carbocycles. The van der Waals surface area contributed by atoms with Gasteiger partial charge in [-0.15, -0.1) is 0 Å². The lowest BCUT2D eigenvalue weighted by molar-refractivity contribution is -0.124.